The van der Waals surface area contributed by atoms with E-state index in [-0.39, 0.29) is 10.8 Å². The Morgan fingerprint density at radius 1 is 0.349 bits per heavy atom. The van der Waals surface area contributed by atoms with Gasteiger partial charge in [0.1, 0.15) is 0 Å². The third kappa shape index (κ3) is 4.90. The van der Waals surface area contributed by atoms with E-state index in [1.165, 1.54) is 110 Å². The summed E-state index contributed by atoms with van der Waals surface area (Å²) < 4.78 is 5.10. The van der Waals surface area contributed by atoms with Crippen molar-refractivity contribution >= 4 is 54.4 Å². The Morgan fingerprint density at radius 3 is 1.56 bits per heavy atom. The molecule has 2 aliphatic carbocycles. The molecule has 0 aliphatic heterocycles. The average molecular weight is 809 g/mol. The molecule has 2 aliphatic rings. The van der Waals surface area contributed by atoms with Crippen molar-refractivity contribution in [2.24, 2.45) is 0 Å². The van der Waals surface area contributed by atoms with Crippen LogP contribution in [0.3, 0.4) is 0 Å². The lowest BCUT2D eigenvalue weighted by molar-refractivity contribution is 0.332. The van der Waals surface area contributed by atoms with Gasteiger partial charge in [-0.1, -0.05) is 167 Å². The molecule has 2 nitrogen and oxygen atoms in total. The maximum absolute atomic E-state index is 2.61. The molecule has 0 radical (unpaired) electrons. The highest BCUT2D eigenvalue weighted by Crippen LogP contribution is 2.57. The predicted molar refractivity (Wildman–Crippen MR) is 265 cm³/mol. The second kappa shape index (κ2) is 12.9. The van der Waals surface area contributed by atoms with E-state index in [0.717, 1.165) is 12.8 Å². The number of aromatic nitrogens is 2. The molecule has 302 valence electrons. The van der Waals surface area contributed by atoms with Crippen LogP contribution in [0.15, 0.2) is 194 Å². The van der Waals surface area contributed by atoms with E-state index in [0.29, 0.717) is 0 Å². The van der Waals surface area contributed by atoms with Crippen LogP contribution in [0.5, 0.6) is 0 Å². The molecule has 11 aromatic rings. The van der Waals surface area contributed by atoms with E-state index >= 15 is 0 Å². The van der Waals surface area contributed by atoms with Gasteiger partial charge in [-0.05, 0) is 134 Å². The smallest absolute Gasteiger partial charge is 0.0714 e. The van der Waals surface area contributed by atoms with Crippen molar-refractivity contribution in [3.63, 3.8) is 0 Å². The highest BCUT2D eigenvalue weighted by Gasteiger charge is 2.46. The summed E-state index contributed by atoms with van der Waals surface area (Å²) in [7, 11) is 0. The normalized spacial score (nSPS) is 15.9. The Bertz CT molecular complexity index is 3630. The largest absolute Gasteiger partial charge is 0.309 e. The molecule has 13 rings (SSSR count). The van der Waals surface area contributed by atoms with Crippen LogP contribution in [0, 0.1) is 0 Å². The minimum absolute atomic E-state index is 0.0473. The van der Waals surface area contributed by atoms with Crippen LogP contribution in [0.25, 0.3) is 76.9 Å². The van der Waals surface area contributed by atoms with Gasteiger partial charge in [0.15, 0.2) is 0 Å². The van der Waals surface area contributed by atoms with Crippen LogP contribution in [0.1, 0.15) is 73.9 Å². The van der Waals surface area contributed by atoms with E-state index in [2.05, 4.69) is 231 Å². The van der Waals surface area contributed by atoms with Gasteiger partial charge in [-0.3, -0.25) is 0 Å². The van der Waals surface area contributed by atoms with Gasteiger partial charge in [-0.2, -0.15) is 0 Å². The molecule has 0 saturated carbocycles. The summed E-state index contributed by atoms with van der Waals surface area (Å²) in [6.45, 7) is 9.83. The number of hydrogen-bond acceptors (Lipinski definition) is 0. The Labute approximate surface area is 368 Å². The van der Waals surface area contributed by atoms with Gasteiger partial charge in [0.05, 0.1) is 27.5 Å². The molecule has 0 unspecified atom stereocenters. The Hall–Kier alpha value is -7.16. The number of para-hydroxylation sites is 1. The molecule has 2 heteroatoms. The summed E-state index contributed by atoms with van der Waals surface area (Å²) in [5, 5.41) is 7.81. The number of hydrogen-bond donors (Lipinski definition) is 0. The molecule has 0 saturated heterocycles. The molecule has 2 aromatic heterocycles. The van der Waals surface area contributed by atoms with E-state index in [9.17, 15) is 0 Å². The fourth-order valence-electron chi connectivity index (χ4n) is 12.2. The first-order valence-electron chi connectivity index (χ1n) is 22.6. The number of fused-ring (bicyclic) bond motifs is 13. The summed E-state index contributed by atoms with van der Waals surface area (Å²) in [5.41, 5.74) is 17.7. The lowest BCUT2D eigenvalue weighted by atomic mass is 9.63. The first-order valence-corrected chi connectivity index (χ1v) is 22.6. The minimum atomic E-state index is -0.496. The maximum atomic E-state index is 2.61. The van der Waals surface area contributed by atoms with Gasteiger partial charge < -0.3 is 9.13 Å². The van der Waals surface area contributed by atoms with Gasteiger partial charge in [0, 0.05) is 32.9 Å². The average Bonchev–Trinajstić information content (AvgIpc) is 3.95. The summed E-state index contributed by atoms with van der Waals surface area (Å²) in [4.78, 5) is 0. The van der Waals surface area contributed by atoms with Crippen molar-refractivity contribution in [1.82, 2.24) is 9.13 Å². The number of benzene rings is 9. The Morgan fingerprint density at radius 2 is 0.857 bits per heavy atom. The highest BCUT2D eigenvalue weighted by molar-refractivity contribution is 6.33. The first-order chi connectivity index (χ1) is 30.8. The minimum Gasteiger partial charge on any atom is -0.309 e. The van der Waals surface area contributed by atoms with Gasteiger partial charge in [0.25, 0.3) is 0 Å². The van der Waals surface area contributed by atoms with Gasteiger partial charge in [-0.25, -0.2) is 0 Å². The molecule has 0 N–H and O–H groups in total. The van der Waals surface area contributed by atoms with Crippen molar-refractivity contribution in [3.8, 4) is 22.5 Å². The standard InChI is InChI=1S/C61H48N2/c1-59(2)34-35-60(3,4)51-38-55-47(37-50(51)59)57-53(32-33-54-58(57)56-44-25-12-11-18-39(44)30-31-52(56)62(54)42-22-9-6-10-23-42)63(55)43-24-17-21-41(36-43)61(40-19-7-5-8-20-40)48-28-15-13-26-45(48)46-27-14-16-29-49(46)61/h5-33,36-38H,34-35H2,1-4H3. The third-order valence-electron chi connectivity index (χ3n) is 15.2. The lowest BCUT2D eigenvalue weighted by Gasteiger charge is -2.42. The zero-order valence-corrected chi connectivity index (χ0v) is 36.3. The molecule has 9 aromatic carbocycles. The first kappa shape index (κ1) is 36.5. The Kier molecular flexibility index (Phi) is 7.49. The molecule has 0 fully saturated rings. The zero-order valence-electron chi connectivity index (χ0n) is 36.3. The summed E-state index contributed by atoms with van der Waals surface area (Å²) in [6, 6.07) is 73.3. The summed E-state index contributed by atoms with van der Waals surface area (Å²) >= 11 is 0. The van der Waals surface area contributed by atoms with Crippen molar-refractivity contribution in [2.45, 2.75) is 56.8 Å². The topological polar surface area (TPSA) is 9.86 Å². The zero-order chi connectivity index (χ0) is 42.2. The second-order valence-electron chi connectivity index (χ2n) is 19.5. The highest BCUT2D eigenvalue weighted by atomic mass is 15.0. The molecule has 63 heavy (non-hydrogen) atoms. The maximum Gasteiger partial charge on any atom is 0.0714 e. The van der Waals surface area contributed by atoms with Crippen LogP contribution in [-0.4, -0.2) is 9.13 Å². The molecule has 2 heterocycles. The van der Waals surface area contributed by atoms with Crippen LogP contribution < -0.4 is 0 Å². The van der Waals surface area contributed by atoms with Gasteiger partial charge in [0.2, 0.25) is 0 Å². The summed E-state index contributed by atoms with van der Waals surface area (Å²) in [6.07, 6.45) is 2.32. The predicted octanol–water partition coefficient (Wildman–Crippen LogP) is 15.7. The molecular formula is C61H48N2. The third-order valence-corrected chi connectivity index (χ3v) is 15.2. The van der Waals surface area contributed by atoms with Crippen molar-refractivity contribution < 1.29 is 0 Å². The fraction of sp³-hybridized carbons (Fsp3) is 0.148. The van der Waals surface area contributed by atoms with Crippen LogP contribution in [0.4, 0.5) is 0 Å². The quantitative estimate of drug-likeness (QED) is 0.168. The number of rotatable bonds is 4. The van der Waals surface area contributed by atoms with E-state index < -0.39 is 5.41 Å². The van der Waals surface area contributed by atoms with Crippen molar-refractivity contribution in [1.29, 1.82) is 0 Å². The summed E-state index contributed by atoms with van der Waals surface area (Å²) in [5.74, 6) is 0. The van der Waals surface area contributed by atoms with Crippen molar-refractivity contribution in [3.05, 3.63) is 228 Å². The van der Waals surface area contributed by atoms with Gasteiger partial charge in [-0.15, -0.1) is 0 Å². The van der Waals surface area contributed by atoms with E-state index in [1.54, 1.807) is 0 Å². The Balaban J connectivity index is 1.20. The lowest BCUT2D eigenvalue weighted by Crippen LogP contribution is -2.33. The van der Waals surface area contributed by atoms with Gasteiger partial charge >= 0.3 is 0 Å². The molecule has 0 spiro atoms. The second-order valence-corrected chi connectivity index (χ2v) is 19.5. The van der Waals surface area contributed by atoms with E-state index in [1.807, 2.05) is 0 Å². The molecule has 0 bridgehead atoms. The monoisotopic (exact) mass is 808 g/mol. The van der Waals surface area contributed by atoms with Crippen LogP contribution in [0.2, 0.25) is 0 Å². The molecule has 0 atom stereocenters. The van der Waals surface area contributed by atoms with Crippen LogP contribution in [-0.2, 0) is 16.2 Å². The van der Waals surface area contributed by atoms with Crippen molar-refractivity contribution in [2.75, 3.05) is 0 Å². The SMILES string of the molecule is CC1(C)CCC(C)(C)c2cc3c(cc21)c1c2c4c5ccccc5ccc4n(-c4ccccc4)c2ccc1n3-c1cccc(C2(c3ccccc3)c3ccccc3-c3ccccc32)c1. The molecular weight excluding hydrogens is 761 g/mol. The molecule has 0 amide bonds. The van der Waals surface area contributed by atoms with E-state index in [4.69, 9.17) is 0 Å². The van der Waals surface area contributed by atoms with Crippen LogP contribution >= 0.6 is 0 Å². The fourth-order valence-corrected chi connectivity index (χ4v) is 12.2. The number of nitrogens with zero attached hydrogens (tertiary/aromatic N) is 2.